The molecule has 0 atom stereocenters. The summed E-state index contributed by atoms with van der Waals surface area (Å²) in [4.78, 5) is 32.0. The lowest BCUT2D eigenvalue weighted by Crippen LogP contribution is -2.63. The van der Waals surface area contributed by atoms with Crippen molar-refractivity contribution >= 4 is 23.4 Å². The number of amides is 2. The summed E-state index contributed by atoms with van der Waals surface area (Å²) in [5, 5.41) is 2.06. The molecule has 0 bridgehead atoms. The van der Waals surface area contributed by atoms with E-state index in [2.05, 4.69) is 0 Å². The average molecular weight is 321 g/mol. The van der Waals surface area contributed by atoms with Crippen molar-refractivity contribution in [2.24, 2.45) is 5.92 Å². The lowest BCUT2D eigenvalue weighted by molar-refractivity contribution is -0.230. The van der Waals surface area contributed by atoms with Crippen LogP contribution >= 0.6 is 11.6 Å². The second-order valence-corrected chi connectivity index (χ2v) is 6.96. The van der Waals surface area contributed by atoms with Crippen LogP contribution in [-0.4, -0.2) is 47.0 Å². The van der Waals surface area contributed by atoms with E-state index in [1.807, 2.05) is 0 Å². The highest BCUT2D eigenvalue weighted by atomic mass is 35.5. The number of likely N-dealkylation sites (tertiary alicyclic amines) is 1. The normalized spacial score (nSPS) is 23.0. The largest absolute Gasteiger partial charge is 0.332 e. The number of rotatable bonds is 3. The number of halogens is 1. The predicted octanol–water partition coefficient (Wildman–Crippen LogP) is 2.11. The lowest BCUT2D eigenvalue weighted by Gasteiger charge is -2.45. The molecule has 2 saturated heterocycles. The lowest BCUT2D eigenvalue weighted by atomic mass is 9.90. The molecule has 2 aliphatic heterocycles. The Kier molecular flexibility index (Phi) is 3.16. The standard InChI is InChI=1S/C16H17ClN2O3/c17-13-3-1-2-12(6-13)15(21)18-9-16(10-18)7-14(20)19(22-16)8-11-4-5-11/h1-3,6,11H,4-5,7-10H2. The number of hydroxylamine groups is 2. The molecule has 1 aliphatic carbocycles. The van der Waals surface area contributed by atoms with Crippen molar-refractivity contribution in [3.05, 3.63) is 34.9 Å². The van der Waals surface area contributed by atoms with Crippen LogP contribution in [0.25, 0.3) is 0 Å². The molecule has 0 N–H and O–H groups in total. The first kappa shape index (κ1) is 14.0. The molecule has 1 saturated carbocycles. The number of benzene rings is 1. The summed E-state index contributed by atoms with van der Waals surface area (Å²) in [6.45, 7) is 1.62. The maximum absolute atomic E-state index is 12.4. The van der Waals surface area contributed by atoms with E-state index in [4.69, 9.17) is 16.4 Å². The summed E-state index contributed by atoms with van der Waals surface area (Å²) >= 11 is 5.92. The number of hydrogen-bond acceptors (Lipinski definition) is 3. The summed E-state index contributed by atoms with van der Waals surface area (Å²) in [5.74, 6) is 0.579. The van der Waals surface area contributed by atoms with Gasteiger partial charge in [-0.1, -0.05) is 17.7 Å². The summed E-state index contributed by atoms with van der Waals surface area (Å²) < 4.78 is 0. The molecule has 1 spiro atoms. The molecule has 0 aromatic heterocycles. The molecule has 4 rings (SSSR count). The van der Waals surface area contributed by atoms with Crippen molar-refractivity contribution in [3.63, 3.8) is 0 Å². The van der Waals surface area contributed by atoms with E-state index in [1.165, 1.54) is 17.9 Å². The van der Waals surface area contributed by atoms with Gasteiger partial charge >= 0.3 is 0 Å². The maximum atomic E-state index is 12.4. The fourth-order valence-electron chi connectivity index (χ4n) is 3.12. The molecule has 1 aromatic carbocycles. The number of carbonyl (C=O) groups excluding carboxylic acids is 2. The van der Waals surface area contributed by atoms with Crippen LogP contribution in [0.2, 0.25) is 5.02 Å². The second kappa shape index (κ2) is 4.96. The van der Waals surface area contributed by atoms with Crippen molar-refractivity contribution in [3.8, 4) is 0 Å². The van der Waals surface area contributed by atoms with E-state index in [1.54, 1.807) is 29.2 Å². The molecule has 3 fully saturated rings. The fourth-order valence-corrected chi connectivity index (χ4v) is 3.31. The van der Waals surface area contributed by atoms with Crippen molar-refractivity contribution in [1.82, 2.24) is 9.96 Å². The smallest absolute Gasteiger partial charge is 0.254 e. The van der Waals surface area contributed by atoms with Gasteiger partial charge < -0.3 is 4.90 Å². The molecule has 0 radical (unpaired) electrons. The van der Waals surface area contributed by atoms with Gasteiger partial charge in [-0.05, 0) is 37.0 Å². The molecule has 0 unspecified atom stereocenters. The van der Waals surface area contributed by atoms with E-state index in [-0.39, 0.29) is 11.8 Å². The molecule has 5 nitrogen and oxygen atoms in total. The van der Waals surface area contributed by atoms with Crippen molar-refractivity contribution < 1.29 is 14.4 Å². The third-order valence-electron chi connectivity index (χ3n) is 4.49. The van der Waals surface area contributed by atoms with Crippen LogP contribution < -0.4 is 0 Å². The minimum absolute atomic E-state index is 0.0433. The van der Waals surface area contributed by atoms with Gasteiger partial charge in [0.1, 0.15) is 5.60 Å². The van der Waals surface area contributed by atoms with Gasteiger partial charge in [0, 0.05) is 10.6 Å². The van der Waals surface area contributed by atoms with Gasteiger partial charge in [-0.25, -0.2) is 5.06 Å². The molecule has 22 heavy (non-hydrogen) atoms. The van der Waals surface area contributed by atoms with Gasteiger partial charge in [-0.3, -0.25) is 14.4 Å². The predicted molar refractivity (Wildman–Crippen MR) is 80.2 cm³/mol. The van der Waals surface area contributed by atoms with Gasteiger partial charge in [0.2, 0.25) is 5.91 Å². The number of hydrogen-bond donors (Lipinski definition) is 0. The van der Waals surface area contributed by atoms with E-state index < -0.39 is 5.60 Å². The van der Waals surface area contributed by atoms with E-state index in [0.29, 0.717) is 42.6 Å². The summed E-state index contributed by atoms with van der Waals surface area (Å²) in [6.07, 6.45) is 2.73. The molecule has 1 aromatic rings. The Morgan fingerprint density at radius 1 is 1.36 bits per heavy atom. The van der Waals surface area contributed by atoms with Gasteiger partial charge in [-0.15, -0.1) is 0 Å². The Bertz CT molecular complexity index is 638. The third-order valence-corrected chi connectivity index (χ3v) is 4.73. The Labute approximate surface area is 133 Å². The zero-order valence-corrected chi connectivity index (χ0v) is 12.9. The second-order valence-electron chi connectivity index (χ2n) is 6.52. The molecular weight excluding hydrogens is 304 g/mol. The molecule has 2 heterocycles. The van der Waals surface area contributed by atoms with E-state index >= 15 is 0 Å². The molecular formula is C16H17ClN2O3. The average Bonchev–Trinajstić information content (AvgIpc) is 3.20. The molecule has 2 amide bonds. The first-order chi connectivity index (χ1) is 10.5. The third kappa shape index (κ3) is 2.48. The zero-order valence-electron chi connectivity index (χ0n) is 12.1. The zero-order chi connectivity index (χ0) is 15.3. The van der Waals surface area contributed by atoms with Crippen molar-refractivity contribution in [2.75, 3.05) is 19.6 Å². The first-order valence-corrected chi connectivity index (χ1v) is 7.97. The number of carbonyl (C=O) groups is 2. The van der Waals surface area contributed by atoms with Crippen molar-refractivity contribution in [1.29, 1.82) is 0 Å². The molecule has 3 aliphatic rings. The Morgan fingerprint density at radius 3 is 2.82 bits per heavy atom. The Morgan fingerprint density at radius 2 is 2.14 bits per heavy atom. The van der Waals surface area contributed by atoms with E-state index in [0.717, 1.165) is 0 Å². The van der Waals surface area contributed by atoms with Crippen LogP contribution in [-0.2, 0) is 9.63 Å². The van der Waals surface area contributed by atoms with Crippen LogP contribution in [0.15, 0.2) is 24.3 Å². The minimum atomic E-state index is -0.500. The van der Waals surface area contributed by atoms with Crippen LogP contribution in [0.1, 0.15) is 29.6 Å². The Balaban J connectivity index is 1.39. The molecule has 6 heteroatoms. The Hall–Kier alpha value is -1.59. The number of nitrogens with zero attached hydrogens (tertiary/aromatic N) is 2. The summed E-state index contributed by atoms with van der Waals surface area (Å²) in [6, 6.07) is 6.91. The van der Waals surface area contributed by atoms with Crippen LogP contribution in [0.5, 0.6) is 0 Å². The molecule has 116 valence electrons. The quantitative estimate of drug-likeness (QED) is 0.857. The minimum Gasteiger partial charge on any atom is -0.332 e. The monoisotopic (exact) mass is 320 g/mol. The highest BCUT2D eigenvalue weighted by Crippen LogP contribution is 2.39. The summed E-state index contributed by atoms with van der Waals surface area (Å²) in [7, 11) is 0. The fraction of sp³-hybridized carbons (Fsp3) is 0.500. The topological polar surface area (TPSA) is 49.9 Å². The van der Waals surface area contributed by atoms with Gasteiger partial charge in [0.05, 0.1) is 26.1 Å². The van der Waals surface area contributed by atoms with Crippen molar-refractivity contribution in [2.45, 2.75) is 24.9 Å². The summed E-state index contributed by atoms with van der Waals surface area (Å²) in [5.41, 5.74) is 0.0710. The maximum Gasteiger partial charge on any atom is 0.254 e. The van der Waals surface area contributed by atoms with Gasteiger partial charge in [0.15, 0.2) is 0 Å². The highest BCUT2D eigenvalue weighted by Gasteiger charge is 2.55. The van der Waals surface area contributed by atoms with Gasteiger partial charge in [0.25, 0.3) is 5.91 Å². The first-order valence-electron chi connectivity index (χ1n) is 7.59. The van der Waals surface area contributed by atoms with Crippen LogP contribution in [0, 0.1) is 5.92 Å². The van der Waals surface area contributed by atoms with Crippen LogP contribution in [0.4, 0.5) is 0 Å². The van der Waals surface area contributed by atoms with Gasteiger partial charge in [-0.2, -0.15) is 0 Å². The van der Waals surface area contributed by atoms with E-state index in [9.17, 15) is 9.59 Å². The van der Waals surface area contributed by atoms with Crippen LogP contribution in [0.3, 0.4) is 0 Å². The highest BCUT2D eigenvalue weighted by molar-refractivity contribution is 6.30. The SMILES string of the molecule is O=C(c1cccc(Cl)c1)N1CC2(CC(=O)N(CC3CC3)O2)C1.